The quantitative estimate of drug-likeness (QED) is 0.579. The van der Waals surface area contributed by atoms with E-state index in [1.165, 1.54) is 34.7 Å². The van der Waals surface area contributed by atoms with E-state index in [0.717, 1.165) is 0 Å². The van der Waals surface area contributed by atoms with Gasteiger partial charge >= 0.3 is 0 Å². The topological polar surface area (TPSA) is 0 Å². The maximum absolute atomic E-state index is 2.34. The average Bonchev–Trinajstić information content (AvgIpc) is 2.47. The van der Waals surface area contributed by atoms with Gasteiger partial charge in [0.25, 0.3) is 0 Å². The predicted molar refractivity (Wildman–Crippen MR) is 92.5 cm³/mol. The molecule has 20 heavy (non-hydrogen) atoms. The Bertz CT molecular complexity index is 523. The molecule has 0 saturated carbocycles. The summed E-state index contributed by atoms with van der Waals surface area (Å²) in [5.41, 5.74) is 2.92. The highest BCUT2D eigenvalue weighted by Gasteiger charge is 2.17. The lowest BCUT2D eigenvalue weighted by Gasteiger charge is -2.23. The standard InChI is InChI=1S/C18H24.C2H6/c1-5-8-15(13(2)3)17-12-7-10-16-14(4)9-6-11-18(16)17;1-2/h6-7,9-13,15H,5,8H2,1-4H3;1-2H3. The van der Waals surface area contributed by atoms with E-state index in [0.29, 0.717) is 11.8 Å². The van der Waals surface area contributed by atoms with Crippen molar-refractivity contribution in [3.8, 4) is 0 Å². The van der Waals surface area contributed by atoms with Gasteiger partial charge in [-0.1, -0.05) is 77.4 Å². The number of rotatable bonds is 4. The van der Waals surface area contributed by atoms with E-state index in [9.17, 15) is 0 Å². The minimum Gasteiger partial charge on any atom is -0.0683 e. The number of fused-ring (bicyclic) bond motifs is 1. The van der Waals surface area contributed by atoms with Gasteiger partial charge in [-0.3, -0.25) is 0 Å². The Kier molecular flexibility index (Phi) is 6.78. The number of hydrogen-bond donors (Lipinski definition) is 0. The second-order valence-corrected chi connectivity index (χ2v) is 5.66. The summed E-state index contributed by atoms with van der Waals surface area (Å²) in [6, 6.07) is 13.5. The zero-order valence-corrected chi connectivity index (χ0v) is 14.0. The Morgan fingerprint density at radius 2 is 1.50 bits per heavy atom. The van der Waals surface area contributed by atoms with Crippen molar-refractivity contribution in [1.82, 2.24) is 0 Å². The molecule has 0 fully saturated rings. The molecule has 0 bridgehead atoms. The van der Waals surface area contributed by atoms with Crippen molar-refractivity contribution in [3.63, 3.8) is 0 Å². The summed E-state index contributed by atoms with van der Waals surface area (Å²) >= 11 is 0. The van der Waals surface area contributed by atoms with E-state index in [1.54, 1.807) is 0 Å². The van der Waals surface area contributed by atoms with E-state index < -0.39 is 0 Å². The van der Waals surface area contributed by atoms with Crippen molar-refractivity contribution < 1.29 is 0 Å². The summed E-state index contributed by atoms with van der Waals surface area (Å²) in [4.78, 5) is 0. The van der Waals surface area contributed by atoms with E-state index in [4.69, 9.17) is 0 Å². The number of hydrogen-bond acceptors (Lipinski definition) is 0. The summed E-state index contributed by atoms with van der Waals surface area (Å²) in [5.74, 6) is 1.39. The largest absolute Gasteiger partial charge is 0.0683 e. The molecule has 0 aliphatic carbocycles. The molecule has 0 saturated heterocycles. The first-order valence-corrected chi connectivity index (χ1v) is 8.13. The Labute approximate surface area is 125 Å². The Hall–Kier alpha value is -1.30. The van der Waals surface area contributed by atoms with E-state index in [-0.39, 0.29) is 0 Å². The fourth-order valence-corrected chi connectivity index (χ4v) is 2.97. The van der Waals surface area contributed by atoms with Crippen LogP contribution in [0.4, 0.5) is 0 Å². The SMILES string of the molecule is CC.CCCC(c1cccc2c(C)cccc12)C(C)C. The molecule has 1 unspecified atom stereocenters. The fourth-order valence-electron chi connectivity index (χ4n) is 2.97. The van der Waals surface area contributed by atoms with Gasteiger partial charge < -0.3 is 0 Å². The Morgan fingerprint density at radius 3 is 2.10 bits per heavy atom. The van der Waals surface area contributed by atoms with Crippen molar-refractivity contribution in [3.05, 3.63) is 47.5 Å². The second-order valence-electron chi connectivity index (χ2n) is 5.66. The molecule has 0 aliphatic heterocycles. The molecule has 2 aromatic rings. The lowest BCUT2D eigenvalue weighted by molar-refractivity contribution is 0.466. The van der Waals surface area contributed by atoms with Crippen molar-refractivity contribution in [2.24, 2.45) is 5.92 Å². The molecule has 110 valence electrons. The number of benzene rings is 2. The van der Waals surface area contributed by atoms with Crippen LogP contribution < -0.4 is 0 Å². The van der Waals surface area contributed by atoms with Gasteiger partial charge in [0.2, 0.25) is 0 Å². The molecule has 0 heterocycles. The molecule has 0 spiro atoms. The third-order valence-corrected chi connectivity index (χ3v) is 3.98. The molecule has 2 rings (SSSR count). The first-order chi connectivity index (χ1) is 9.65. The Balaban J connectivity index is 0.000000956. The van der Waals surface area contributed by atoms with Crippen LogP contribution in [0.2, 0.25) is 0 Å². The van der Waals surface area contributed by atoms with Gasteiger partial charge in [-0.25, -0.2) is 0 Å². The van der Waals surface area contributed by atoms with Gasteiger partial charge in [0.05, 0.1) is 0 Å². The zero-order valence-electron chi connectivity index (χ0n) is 14.0. The molecule has 2 aromatic carbocycles. The van der Waals surface area contributed by atoms with Crippen LogP contribution in [0, 0.1) is 12.8 Å². The first kappa shape index (κ1) is 16.8. The summed E-state index contributed by atoms with van der Waals surface area (Å²) in [7, 11) is 0. The summed E-state index contributed by atoms with van der Waals surface area (Å²) < 4.78 is 0. The average molecular weight is 270 g/mol. The van der Waals surface area contributed by atoms with E-state index >= 15 is 0 Å². The smallest absolute Gasteiger partial charge is 0.0133 e. The van der Waals surface area contributed by atoms with Crippen LogP contribution in [0.3, 0.4) is 0 Å². The van der Waals surface area contributed by atoms with Gasteiger partial charge in [0.1, 0.15) is 0 Å². The lowest BCUT2D eigenvalue weighted by atomic mass is 9.82. The Morgan fingerprint density at radius 1 is 0.900 bits per heavy atom. The van der Waals surface area contributed by atoms with Crippen molar-refractivity contribution in [2.45, 2.75) is 60.3 Å². The molecule has 0 heteroatoms. The minimum atomic E-state index is 0.681. The third kappa shape index (κ3) is 3.62. The fraction of sp³-hybridized carbons (Fsp3) is 0.500. The van der Waals surface area contributed by atoms with Crippen LogP contribution in [0.5, 0.6) is 0 Å². The minimum absolute atomic E-state index is 0.681. The molecule has 0 amide bonds. The second kappa shape index (κ2) is 8.09. The molecule has 0 N–H and O–H groups in total. The molecule has 0 aliphatic rings. The first-order valence-electron chi connectivity index (χ1n) is 8.13. The zero-order chi connectivity index (χ0) is 15.1. The predicted octanol–water partition coefficient (Wildman–Crippen LogP) is 6.71. The van der Waals surface area contributed by atoms with Gasteiger partial charge in [-0.2, -0.15) is 0 Å². The van der Waals surface area contributed by atoms with Crippen molar-refractivity contribution in [1.29, 1.82) is 0 Å². The monoisotopic (exact) mass is 270 g/mol. The van der Waals surface area contributed by atoms with Gasteiger partial charge in [0.15, 0.2) is 0 Å². The van der Waals surface area contributed by atoms with Gasteiger partial charge in [0, 0.05) is 0 Å². The van der Waals surface area contributed by atoms with Crippen LogP contribution >= 0.6 is 0 Å². The van der Waals surface area contributed by atoms with Crippen LogP contribution in [-0.2, 0) is 0 Å². The third-order valence-electron chi connectivity index (χ3n) is 3.98. The normalized spacial score (nSPS) is 12.2. The highest BCUT2D eigenvalue weighted by atomic mass is 14.2. The maximum atomic E-state index is 2.34. The van der Waals surface area contributed by atoms with Crippen molar-refractivity contribution in [2.75, 3.05) is 0 Å². The summed E-state index contributed by atoms with van der Waals surface area (Å²) in [5, 5.41) is 2.86. The molecule has 0 radical (unpaired) electrons. The van der Waals surface area contributed by atoms with Gasteiger partial charge in [-0.05, 0) is 47.1 Å². The van der Waals surface area contributed by atoms with Crippen LogP contribution in [-0.4, -0.2) is 0 Å². The maximum Gasteiger partial charge on any atom is -0.0133 e. The van der Waals surface area contributed by atoms with Crippen LogP contribution in [0.25, 0.3) is 10.8 Å². The molecule has 0 nitrogen and oxygen atoms in total. The number of aryl methyl sites for hydroxylation is 1. The molecule has 1 atom stereocenters. The van der Waals surface area contributed by atoms with Gasteiger partial charge in [-0.15, -0.1) is 0 Å². The van der Waals surface area contributed by atoms with E-state index in [1.807, 2.05) is 13.8 Å². The van der Waals surface area contributed by atoms with Crippen LogP contribution in [0.15, 0.2) is 36.4 Å². The lowest BCUT2D eigenvalue weighted by Crippen LogP contribution is -2.07. The molecular formula is C20H30. The van der Waals surface area contributed by atoms with Crippen LogP contribution in [0.1, 0.15) is 64.5 Å². The van der Waals surface area contributed by atoms with E-state index in [2.05, 4.69) is 64.1 Å². The van der Waals surface area contributed by atoms with Crippen molar-refractivity contribution >= 4 is 10.8 Å². The summed E-state index contributed by atoms with van der Waals surface area (Å²) in [6.45, 7) is 13.2. The molecule has 0 aromatic heterocycles. The summed E-state index contributed by atoms with van der Waals surface area (Å²) in [6.07, 6.45) is 2.54. The molecular weight excluding hydrogens is 240 g/mol. The highest BCUT2D eigenvalue weighted by Crippen LogP contribution is 2.34. The highest BCUT2D eigenvalue weighted by molar-refractivity contribution is 5.88.